The number of aromatic nitrogens is 4. The summed E-state index contributed by atoms with van der Waals surface area (Å²) in [7, 11) is 0. The Bertz CT molecular complexity index is 1060. The lowest BCUT2D eigenvalue weighted by atomic mass is 10.1. The number of carbonyl (C=O) groups excluding carboxylic acids is 1. The van der Waals surface area contributed by atoms with Gasteiger partial charge in [0.05, 0.1) is 18.0 Å². The van der Waals surface area contributed by atoms with E-state index in [4.69, 9.17) is 4.84 Å². The average molecular weight is 392 g/mol. The molecular weight excluding hydrogens is 368 g/mol. The van der Waals surface area contributed by atoms with Crippen LogP contribution in [-0.2, 0) is 22.7 Å². The first-order chi connectivity index (χ1) is 14.0. The Labute approximate surface area is 169 Å². The van der Waals surface area contributed by atoms with Crippen molar-refractivity contribution >= 4 is 17.4 Å². The second kappa shape index (κ2) is 7.90. The van der Waals surface area contributed by atoms with E-state index in [-0.39, 0.29) is 5.91 Å². The Hall–Kier alpha value is -3.42. The van der Waals surface area contributed by atoms with Crippen LogP contribution in [0.5, 0.6) is 0 Å². The molecule has 150 valence electrons. The molecule has 3 heterocycles. The van der Waals surface area contributed by atoms with E-state index in [1.165, 1.54) is 11.1 Å². The number of carbonyl (C=O) groups is 1. The van der Waals surface area contributed by atoms with E-state index in [0.717, 1.165) is 23.5 Å². The molecule has 0 spiro atoms. The summed E-state index contributed by atoms with van der Waals surface area (Å²) in [5.41, 5.74) is 4.94. The molecule has 0 saturated carbocycles. The van der Waals surface area contributed by atoms with Gasteiger partial charge in [0.1, 0.15) is 0 Å². The number of nitrogens with one attached hydrogen (secondary N) is 1. The zero-order chi connectivity index (χ0) is 20.4. The van der Waals surface area contributed by atoms with Crippen molar-refractivity contribution < 1.29 is 9.63 Å². The lowest BCUT2D eigenvalue weighted by Gasteiger charge is -2.08. The van der Waals surface area contributed by atoms with Crippen molar-refractivity contribution in [1.29, 1.82) is 0 Å². The second-order valence-corrected chi connectivity index (χ2v) is 7.13. The predicted molar refractivity (Wildman–Crippen MR) is 110 cm³/mol. The summed E-state index contributed by atoms with van der Waals surface area (Å²) in [5, 5.41) is 15.8. The smallest absolute Gasteiger partial charge is 0.269 e. The summed E-state index contributed by atoms with van der Waals surface area (Å²) in [6.07, 6.45) is 3.52. The van der Waals surface area contributed by atoms with Crippen molar-refractivity contribution in [1.82, 2.24) is 19.6 Å². The van der Waals surface area contributed by atoms with Crippen LogP contribution < -0.4 is 5.32 Å². The number of oxime groups is 1. The number of anilines is 1. The van der Waals surface area contributed by atoms with Crippen LogP contribution in [-0.4, -0.2) is 37.3 Å². The van der Waals surface area contributed by atoms with E-state index in [2.05, 4.69) is 39.7 Å². The quantitative estimate of drug-likeness (QED) is 0.699. The molecule has 0 aliphatic carbocycles. The maximum Gasteiger partial charge on any atom is 0.269 e. The van der Waals surface area contributed by atoms with Gasteiger partial charge in [0.15, 0.2) is 5.82 Å². The van der Waals surface area contributed by atoms with Gasteiger partial charge in [-0.1, -0.05) is 29.4 Å². The number of amides is 1. The van der Waals surface area contributed by atoms with Crippen LogP contribution in [0.3, 0.4) is 0 Å². The Kier molecular flexibility index (Phi) is 5.16. The molecule has 8 heteroatoms. The summed E-state index contributed by atoms with van der Waals surface area (Å²) < 4.78 is 3.65. The van der Waals surface area contributed by atoms with Crippen LogP contribution in [0.4, 0.5) is 5.82 Å². The van der Waals surface area contributed by atoms with Crippen LogP contribution in [0.2, 0.25) is 0 Å². The highest BCUT2D eigenvalue weighted by molar-refractivity contribution is 6.06. The molecule has 3 aromatic rings. The van der Waals surface area contributed by atoms with Crippen molar-refractivity contribution in [3.8, 4) is 0 Å². The standard InChI is InChI=1S/C21H24N6O2/c1-4-26-13-17(15(3)23-26)18-11-19(29-25-18)21(28)22-20-9-10-27(24-20)12-16-8-6-5-7-14(16)2/h5-10,13,19H,4,11-12H2,1-3H3,(H,22,24,28). The molecule has 1 aliphatic heterocycles. The zero-order valence-corrected chi connectivity index (χ0v) is 16.8. The lowest BCUT2D eigenvalue weighted by molar-refractivity contribution is -0.125. The minimum atomic E-state index is -0.670. The van der Waals surface area contributed by atoms with Gasteiger partial charge in [0, 0.05) is 37.0 Å². The summed E-state index contributed by atoms with van der Waals surface area (Å²) in [6, 6.07) is 9.95. The van der Waals surface area contributed by atoms with Crippen LogP contribution in [0, 0.1) is 13.8 Å². The molecular formula is C21H24N6O2. The van der Waals surface area contributed by atoms with Crippen LogP contribution in [0.1, 0.15) is 35.7 Å². The largest absolute Gasteiger partial charge is 0.382 e. The maximum atomic E-state index is 12.6. The third-order valence-electron chi connectivity index (χ3n) is 5.03. The second-order valence-electron chi connectivity index (χ2n) is 7.13. The molecule has 1 unspecified atom stereocenters. The predicted octanol–water partition coefficient (Wildman–Crippen LogP) is 2.90. The number of aryl methyl sites for hydroxylation is 3. The maximum absolute atomic E-state index is 12.6. The van der Waals surface area contributed by atoms with E-state index in [1.807, 2.05) is 43.1 Å². The van der Waals surface area contributed by atoms with Crippen molar-refractivity contribution in [2.24, 2.45) is 5.16 Å². The van der Waals surface area contributed by atoms with Gasteiger partial charge >= 0.3 is 0 Å². The zero-order valence-electron chi connectivity index (χ0n) is 16.8. The summed E-state index contributed by atoms with van der Waals surface area (Å²) in [6.45, 7) is 7.46. The van der Waals surface area contributed by atoms with E-state index in [1.54, 1.807) is 10.7 Å². The molecule has 0 fully saturated rings. The molecule has 1 aliphatic rings. The summed E-state index contributed by atoms with van der Waals surface area (Å²) in [5.74, 6) is 0.237. The highest BCUT2D eigenvalue weighted by atomic mass is 16.6. The van der Waals surface area contributed by atoms with Gasteiger partial charge in [-0.05, 0) is 31.9 Å². The molecule has 1 aromatic carbocycles. The fraction of sp³-hybridized carbons (Fsp3) is 0.333. The molecule has 0 radical (unpaired) electrons. The van der Waals surface area contributed by atoms with Crippen molar-refractivity contribution in [3.63, 3.8) is 0 Å². The normalized spacial score (nSPS) is 15.8. The Morgan fingerprint density at radius 3 is 2.79 bits per heavy atom. The minimum Gasteiger partial charge on any atom is -0.382 e. The Morgan fingerprint density at radius 2 is 2.03 bits per heavy atom. The van der Waals surface area contributed by atoms with E-state index < -0.39 is 6.10 Å². The van der Waals surface area contributed by atoms with Gasteiger partial charge in [-0.2, -0.15) is 10.2 Å². The van der Waals surface area contributed by atoms with Crippen LogP contribution >= 0.6 is 0 Å². The summed E-state index contributed by atoms with van der Waals surface area (Å²) in [4.78, 5) is 18.0. The van der Waals surface area contributed by atoms with E-state index >= 15 is 0 Å². The molecule has 1 atom stereocenters. The van der Waals surface area contributed by atoms with E-state index in [0.29, 0.717) is 18.8 Å². The van der Waals surface area contributed by atoms with Gasteiger partial charge in [0.25, 0.3) is 5.91 Å². The highest BCUT2D eigenvalue weighted by Crippen LogP contribution is 2.20. The number of hydrogen-bond acceptors (Lipinski definition) is 5. The highest BCUT2D eigenvalue weighted by Gasteiger charge is 2.30. The Morgan fingerprint density at radius 1 is 1.21 bits per heavy atom. The van der Waals surface area contributed by atoms with Crippen molar-refractivity contribution in [2.75, 3.05) is 5.32 Å². The topological polar surface area (TPSA) is 86.3 Å². The monoisotopic (exact) mass is 392 g/mol. The van der Waals surface area contributed by atoms with Gasteiger partial charge in [-0.25, -0.2) is 0 Å². The Balaban J connectivity index is 1.36. The molecule has 29 heavy (non-hydrogen) atoms. The third kappa shape index (κ3) is 4.06. The first kappa shape index (κ1) is 18.9. The number of nitrogens with zero attached hydrogens (tertiary/aromatic N) is 5. The average Bonchev–Trinajstić information content (AvgIpc) is 3.43. The number of rotatable bonds is 6. The molecule has 1 amide bonds. The van der Waals surface area contributed by atoms with Gasteiger partial charge in [-0.3, -0.25) is 14.2 Å². The first-order valence-corrected chi connectivity index (χ1v) is 9.69. The molecule has 4 rings (SSSR count). The number of benzene rings is 1. The van der Waals surface area contributed by atoms with Gasteiger partial charge in [-0.15, -0.1) is 0 Å². The molecule has 1 N–H and O–H groups in total. The first-order valence-electron chi connectivity index (χ1n) is 9.69. The minimum absolute atomic E-state index is 0.259. The van der Waals surface area contributed by atoms with Crippen molar-refractivity contribution in [3.05, 3.63) is 65.1 Å². The number of hydrogen-bond donors (Lipinski definition) is 1. The molecule has 0 bridgehead atoms. The van der Waals surface area contributed by atoms with Crippen LogP contribution in [0.25, 0.3) is 0 Å². The van der Waals surface area contributed by atoms with Crippen molar-refractivity contribution in [2.45, 2.75) is 46.4 Å². The fourth-order valence-electron chi connectivity index (χ4n) is 3.33. The van der Waals surface area contributed by atoms with Gasteiger partial charge in [0.2, 0.25) is 6.10 Å². The lowest BCUT2D eigenvalue weighted by Crippen LogP contribution is -2.28. The molecule has 8 nitrogen and oxygen atoms in total. The van der Waals surface area contributed by atoms with Crippen LogP contribution in [0.15, 0.2) is 47.9 Å². The SMILES string of the molecule is CCn1cc(C2=NOC(C(=O)Nc3ccn(Cc4ccccc4C)n3)C2)c(C)n1. The molecule has 2 aromatic heterocycles. The fourth-order valence-corrected chi connectivity index (χ4v) is 3.33. The van der Waals surface area contributed by atoms with E-state index in [9.17, 15) is 4.79 Å². The summed E-state index contributed by atoms with van der Waals surface area (Å²) >= 11 is 0. The molecule has 0 saturated heterocycles. The third-order valence-corrected chi connectivity index (χ3v) is 5.03. The van der Waals surface area contributed by atoms with Gasteiger partial charge < -0.3 is 10.2 Å².